The van der Waals surface area contributed by atoms with Gasteiger partial charge in [-0.3, -0.25) is 14.7 Å². The predicted molar refractivity (Wildman–Crippen MR) is 82.3 cm³/mol. The summed E-state index contributed by atoms with van der Waals surface area (Å²) in [6.07, 6.45) is 3.69. The van der Waals surface area contributed by atoms with Gasteiger partial charge in [0.25, 0.3) is 5.91 Å². The van der Waals surface area contributed by atoms with Crippen LogP contribution in [0.25, 0.3) is 0 Å². The van der Waals surface area contributed by atoms with Crippen molar-refractivity contribution in [2.45, 2.75) is 13.5 Å². The van der Waals surface area contributed by atoms with E-state index in [1.807, 2.05) is 24.1 Å². The van der Waals surface area contributed by atoms with Crippen LogP contribution in [-0.4, -0.2) is 51.9 Å². The van der Waals surface area contributed by atoms with Crippen LogP contribution in [0, 0.1) is 6.92 Å². The Balaban J connectivity index is 1.56. The van der Waals surface area contributed by atoms with Gasteiger partial charge in [-0.1, -0.05) is 6.07 Å². The Labute approximate surface area is 128 Å². The van der Waals surface area contributed by atoms with Crippen molar-refractivity contribution in [1.82, 2.24) is 19.8 Å². The molecule has 0 unspecified atom stereocenters. The quantitative estimate of drug-likeness (QED) is 0.867. The van der Waals surface area contributed by atoms with Gasteiger partial charge in [0.2, 0.25) is 0 Å². The summed E-state index contributed by atoms with van der Waals surface area (Å²) in [4.78, 5) is 25.8. The van der Waals surface area contributed by atoms with Crippen LogP contribution >= 0.6 is 11.3 Å². The molecule has 3 rings (SSSR count). The molecule has 5 nitrogen and oxygen atoms in total. The lowest BCUT2D eigenvalue weighted by molar-refractivity contribution is 0.0632. The standard InChI is InChI=1S/C15H18N4OS/c1-12-14(21-11-17-12)15(20)19-7-5-18(6-8-19)10-13-3-2-4-16-9-13/h2-4,9,11H,5-8,10H2,1H3. The average molecular weight is 302 g/mol. The molecule has 2 aromatic rings. The predicted octanol–water partition coefficient (Wildman–Crippen LogP) is 1.80. The topological polar surface area (TPSA) is 49.3 Å². The third kappa shape index (κ3) is 3.28. The first-order valence-electron chi connectivity index (χ1n) is 7.04. The number of rotatable bonds is 3. The Kier molecular flexibility index (Phi) is 4.26. The van der Waals surface area contributed by atoms with E-state index in [0.29, 0.717) is 0 Å². The zero-order valence-electron chi connectivity index (χ0n) is 12.0. The second-order valence-electron chi connectivity index (χ2n) is 5.20. The Hall–Kier alpha value is -1.79. The molecule has 0 atom stereocenters. The third-order valence-electron chi connectivity index (χ3n) is 3.73. The molecule has 0 radical (unpaired) electrons. The van der Waals surface area contributed by atoms with E-state index in [2.05, 4.69) is 20.9 Å². The lowest BCUT2D eigenvalue weighted by Crippen LogP contribution is -2.48. The van der Waals surface area contributed by atoms with Gasteiger partial charge in [-0.15, -0.1) is 11.3 Å². The van der Waals surface area contributed by atoms with Crippen molar-refractivity contribution in [2.75, 3.05) is 26.2 Å². The number of aromatic nitrogens is 2. The maximum absolute atomic E-state index is 12.4. The second-order valence-corrected chi connectivity index (χ2v) is 6.05. The van der Waals surface area contributed by atoms with Gasteiger partial charge in [0, 0.05) is 45.1 Å². The van der Waals surface area contributed by atoms with Gasteiger partial charge < -0.3 is 4.90 Å². The van der Waals surface area contributed by atoms with E-state index in [1.54, 1.807) is 11.7 Å². The Bertz CT molecular complexity index is 605. The molecule has 0 aliphatic carbocycles. The number of pyridine rings is 1. The Morgan fingerprint density at radius 2 is 2.14 bits per heavy atom. The zero-order chi connectivity index (χ0) is 14.7. The van der Waals surface area contributed by atoms with E-state index < -0.39 is 0 Å². The van der Waals surface area contributed by atoms with Gasteiger partial charge in [0.1, 0.15) is 4.88 Å². The minimum atomic E-state index is 0.121. The normalized spacial score (nSPS) is 16.1. The molecule has 0 saturated carbocycles. The zero-order valence-corrected chi connectivity index (χ0v) is 12.8. The van der Waals surface area contributed by atoms with Crippen LogP contribution in [0.3, 0.4) is 0 Å². The van der Waals surface area contributed by atoms with E-state index in [9.17, 15) is 4.79 Å². The fourth-order valence-corrected chi connectivity index (χ4v) is 3.28. The molecule has 21 heavy (non-hydrogen) atoms. The van der Waals surface area contributed by atoms with Gasteiger partial charge in [0.15, 0.2) is 0 Å². The molecule has 6 heteroatoms. The number of amides is 1. The van der Waals surface area contributed by atoms with Crippen LogP contribution in [0.15, 0.2) is 30.0 Å². The van der Waals surface area contributed by atoms with Crippen molar-refractivity contribution in [1.29, 1.82) is 0 Å². The number of hydrogen-bond acceptors (Lipinski definition) is 5. The number of nitrogens with zero attached hydrogens (tertiary/aromatic N) is 4. The first-order chi connectivity index (χ1) is 10.2. The molecule has 0 N–H and O–H groups in total. The van der Waals surface area contributed by atoms with Crippen LogP contribution in [0.5, 0.6) is 0 Å². The minimum absolute atomic E-state index is 0.121. The van der Waals surface area contributed by atoms with Gasteiger partial charge >= 0.3 is 0 Å². The highest BCUT2D eigenvalue weighted by Gasteiger charge is 2.24. The molecule has 1 aliphatic heterocycles. The maximum Gasteiger partial charge on any atom is 0.265 e. The number of piperazine rings is 1. The van der Waals surface area contributed by atoms with Gasteiger partial charge in [0.05, 0.1) is 11.2 Å². The molecule has 110 valence electrons. The SMILES string of the molecule is Cc1ncsc1C(=O)N1CCN(Cc2cccnc2)CC1. The number of carbonyl (C=O) groups excluding carboxylic acids is 1. The van der Waals surface area contributed by atoms with Crippen molar-refractivity contribution in [3.8, 4) is 0 Å². The molecule has 3 heterocycles. The van der Waals surface area contributed by atoms with Gasteiger partial charge in [-0.25, -0.2) is 4.98 Å². The minimum Gasteiger partial charge on any atom is -0.335 e. The number of hydrogen-bond donors (Lipinski definition) is 0. The highest BCUT2D eigenvalue weighted by atomic mass is 32.1. The van der Waals surface area contributed by atoms with Crippen molar-refractivity contribution in [3.05, 3.63) is 46.2 Å². The lowest BCUT2D eigenvalue weighted by Gasteiger charge is -2.34. The number of thiazole rings is 1. The van der Waals surface area contributed by atoms with E-state index in [1.165, 1.54) is 16.9 Å². The summed E-state index contributed by atoms with van der Waals surface area (Å²) >= 11 is 1.43. The third-order valence-corrected chi connectivity index (χ3v) is 4.64. The Morgan fingerprint density at radius 1 is 1.33 bits per heavy atom. The highest BCUT2D eigenvalue weighted by Crippen LogP contribution is 2.17. The summed E-state index contributed by atoms with van der Waals surface area (Å²) in [5.41, 5.74) is 3.79. The summed E-state index contributed by atoms with van der Waals surface area (Å²) in [6, 6.07) is 4.05. The number of carbonyl (C=O) groups is 1. The van der Waals surface area contributed by atoms with Gasteiger partial charge in [-0.2, -0.15) is 0 Å². The lowest BCUT2D eigenvalue weighted by atomic mass is 10.2. The first-order valence-corrected chi connectivity index (χ1v) is 7.92. The molecule has 1 aliphatic rings. The molecular formula is C15H18N4OS. The molecular weight excluding hydrogens is 284 g/mol. The monoisotopic (exact) mass is 302 g/mol. The van der Waals surface area contributed by atoms with Crippen molar-refractivity contribution >= 4 is 17.2 Å². The van der Waals surface area contributed by atoms with E-state index >= 15 is 0 Å². The second kappa shape index (κ2) is 6.32. The summed E-state index contributed by atoms with van der Waals surface area (Å²) in [7, 11) is 0. The van der Waals surface area contributed by atoms with Crippen LogP contribution < -0.4 is 0 Å². The smallest absolute Gasteiger partial charge is 0.265 e. The maximum atomic E-state index is 12.4. The van der Waals surface area contributed by atoms with Crippen molar-refractivity contribution in [2.24, 2.45) is 0 Å². The molecule has 0 bridgehead atoms. The van der Waals surface area contributed by atoms with Crippen LogP contribution in [0.1, 0.15) is 20.9 Å². The summed E-state index contributed by atoms with van der Waals surface area (Å²) < 4.78 is 0. The summed E-state index contributed by atoms with van der Waals surface area (Å²) in [5.74, 6) is 0.121. The first kappa shape index (κ1) is 14.2. The van der Waals surface area contributed by atoms with Crippen molar-refractivity contribution in [3.63, 3.8) is 0 Å². The molecule has 2 aromatic heterocycles. The fourth-order valence-electron chi connectivity index (χ4n) is 2.51. The Morgan fingerprint density at radius 3 is 2.76 bits per heavy atom. The summed E-state index contributed by atoms with van der Waals surface area (Å²) in [5, 5.41) is 0. The van der Waals surface area contributed by atoms with Crippen LogP contribution in [0.2, 0.25) is 0 Å². The summed E-state index contributed by atoms with van der Waals surface area (Å²) in [6.45, 7) is 6.14. The molecule has 1 fully saturated rings. The highest BCUT2D eigenvalue weighted by molar-refractivity contribution is 7.11. The van der Waals surface area contributed by atoms with E-state index in [-0.39, 0.29) is 5.91 Å². The molecule has 0 aromatic carbocycles. The molecule has 1 amide bonds. The number of aryl methyl sites for hydroxylation is 1. The van der Waals surface area contributed by atoms with E-state index in [0.717, 1.165) is 43.3 Å². The van der Waals surface area contributed by atoms with Crippen molar-refractivity contribution < 1.29 is 4.79 Å². The van der Waals surface area contributed by atoms with Crippen LogP contribution in [-0.2, 0) is 6.54 Å². The molecule has 0 spiro atoms. The molecule has 1 saturated heterocycles. The fraction of sp³-hybridized carbons (Fsp3) is 0.400. The van der Waals surface area contributed by atoms with Crippen LogP contribution in [0.4, 0.5) is 0 Å². The van der Waals surface area contributed by atoms with E-state index in [4.69, 9.17) is 0 Å². The largest absolute Gasteiger partial charge is 0.335 e. The van der Waals surface area contributed by atoms with Gasteiger partial charge in [-0.05, 0) is 18.6 Å². The average Bonchev–Trinajstić information content (AvgIpc) is 2.94.